The van der Waals surface area contributed by atoms with Gasteiger partial charge in [0.15, 0.2) is 0 Å². The van der Waals surface area contributed by atoms with Crippen LogP contribution in [-0.2, 0) is 11.2 Å². The summed E-state index contributed by atoms with van der Waals surface area (Å²) in [5.74, 6) is 0.301. The first kappa shape index (κ1) is 16.5. The van der Waals surface area contributed by atoms with Crippen LogP contribution >= 0.6 is 0 Å². The van der Waals surface area contributed by atoms with Crippen LogP contribution in [0.4, 0.5) is 0 Å². The van der Waals surface area contributed by atoms with Crippen molar-refractivity contribution in [3.8, 4) is 5.75 Å². The van der Waals surface area contributed by atoms with Crippen LogP contribution in [-0.4, -0.2) is 35.8 Å². The third-order valence-electron chi connectivity index (χ3n) is 2.61. The quantitative estimate of drug-likeness (QED) is 0.691. The molecular weight excluding hydrogens is 256 g/mol. The average Bonchev–Trinajstić information content (AvgIpc) is 2.34. The molecule has 5 nitrogen and oxygen atoms in total. The minimum absolute atomic E-state index is 0.0304. The van der Waals surface area contributed by atoms with Gasteiger partial charge in [-0.3, -0.25) is 4.79 Å². The van der Waals surface area contributed by atoms with Gasteiger partial charge in [0.25, 0.3) is 0 Å². The topological polar surface area (TPSA) is 84.6 Å². The molecule has 112 valence electrons. The van der Waals surface area contributed by atoms with Crippen LogP contribution in [0.3, 0.4) is 0 Å². The molecule has 0 saturated heterocycles. The molecule has 1 aromatic carbocycles. The Hall–Kier alpha value is -1.59. The summed E-state index contributed by atoms with van der Waals surface area (Å²) in [5.41, 5.74) is 5.94. The first-order chi connectivity index (χ1) is 9.26. The second-order valence-corrected chi connectivity index (χ2v) is 5.88. The fourth-order valence-electron chi connectivity index (χ4n) is 1.58. The van der Waals surface area contributed by atoms with E-state index in [4.69, 9.17) is 10.5 Å². The predicted octanol–water partition coefficient (Wildman–Crippen LogP) is 0.842. The number of primary amides is 1. The summed E-state index contributed by atoms with van der Waals surface area (Å²) in [6.45, 7) is 6.82. The molecule has 1 unspecified atom stereocenters. The number of carbonyl (C=O) groups excluding carboxylic acids is 1. The summed E-state index contributed by atoms with van der Waals surface area (Å²) >= 11 is 0. The van der Waals surface area contributed by atoms with Gasteiger partial charge in [0, 0.05) is 12.1 Å². The van der Waals surface area contributed by atoms with Crippen molar-refractivity contribution >= 4 is 5.91 Å². The number of rotatable bonds is 7. The highest BCUT2D eigenvalue weighted by Crippen LogP contribution is 2.12. The van der Waals surface area contributed by atoms with Gasteiger partial charge >= 0.3 is 0 Å². The fraction of sp³-hybridized carbons (Fsp3) is 0.533. The van der Waals surface area contributed by atoms with Gasteiger partial charge in [-0.2, -0.15) is 0 Å². The van der Waals surface area contributed by atoms with Crippen molar-refractivity contribution in [2.75, 3.05) is 13.2 Å². The number of hydrogen-bond acceptors (Lipinski definition) is 4. The molecule has 0 aliphatic carbocycles. The number of β-amino-alcohol motifs (C(OH)–C–C–N with tert-alkyl or cyclic N) is 1. The smallest absolute Gasteiger partial charge is 0.221 e. The Morgan fingerprint density at radius 3 is 2.45 bits per heavy atom. The molecule has 1 rings (SSSR count). The number of benzene rings is 1. The molecule has 1 amide bonds. The third kappa shape index (κ3) is 7.11. The van der Waals surface area contributed by atoms with E-state index in [0.717, 1.165) is 5.56 Å². The van der Waals surface area contributed by atoms with E-state index in [9.17, 15) is 9.90 Å². The Bertz CT molecular complexity index is 424. The fourth-order valence-corrected chi connectivity index (χ4v) is 1.58. The molecule has 1 aromatic rings. The number of amides is 1. The standard InChI is InChI=1S/C15H24N2O3/c1-15(2,3)17-9-12(18)10-20-13-6-4-11(5-7-13)8-14(16)19/h4-7,12,17-18H,8-10H2,1-3H3,(H2,16,19). The predicted molar refractivity (Wildman–Crippen MR) is 78.6 cm³/mol. The van der Waals surface area contributed by atoms with Crippen LogP contribution in [0, 0.1) is 0 Å². The van der Waals surface area contributed by atoms with Crippen LogP contribution in [0.25, 0.3) is 0 Å². The maximum absolute atomic E-state index is 10.8. The lowest BCUT2D eigenvalue weighted by Crippen LogP contribution is -2.42. The third-order valence-corrected chi connectivity index (χ3v) is 2.61. The van der Waals surface area contributed by atoms with Gasteiger partial charge in [-0.15, -0.1) is 0 Å². The van der Waals surface area contributed by atoms with Gasteiger partial charge in [0.2, 0.25) is 5.91 Å². The van der Waals surface area contributed by atoms with Gasteiger partial charge in [-0.05, 0) is 38.5 Å². The van der Waals surface area contributed by atoms with Crippen molar-refractivity contribution in [3.05, 3.63) is 29.8 Å². The molecule has 20 heavy (non-hydrogen) atoms. The molecule has 0 fully saturated rings. The number of aliphatic hydroxyl groups excluding tert-OH is 1. The second-order valence-electron chi connectivity index (χ2n) is 5.88. The summed E-state index contributed by atoms with van der Waals surface area (Å²) in [5, 5.41) is 13.0. The van der Waals surface area contributed by atoms with E-state index >= 15 is 0 Å². The molecule has 0 aliphatic rings. The van der Waals surface area contributed by atoms with Gasteiger partial charge in [-0.1, -0.05) is 12.1 Å². The average molecular weight is 280 g/mol. The molecule has 0 aliphatic heterocycles. The zero-order valence-corrected chi connectivity index (χ0v) is 12.3. The van der Waals surface area contributed by atoms with Gasteiger partial charge in [0.05, 0.1) is 6.42 Å². The maximum Gasteiger partial charge on any atom is 0.221 e. The van der Waals surface area contributed by atoms with E-state index in [0.29, 0.717) is 12.3 Å². The van der Waals surface area contributed by atoms with Crippen molar-refractivity contribution < 1.29 is 14.6 Å². The SMILES string of the molecule is CC(C)(C)NCC(O)COc1ccc(CC(N)=O)cc1. The van der Waals surface area contributed by atoms with Crippen molar-refractivity contribution in [2.45, 2.75) is 38.8 Å². The molecular formula is C15H24N2O3. The highest BCUT2D eigenvalue weighted by atomic mass is 16.5. The first-order valence-corrected chi connectivity index (χ1v) is 6.69. The molecule has 0 bridgehead atoms. The first-order valence-electron chi connectivity index (χ1n) is 6.69. The molecule has 1 atom stereocenters. The van der Waals surface area contributed by atoms with Crippen LogP contribution < -0.4 is 15.8 Å². The lowest BCUT2D eigenvalue weighted by Gasteiger charge is -2.22. The Morgan fingerprint density at radius 1 is 1.35 bits per heavy atom. The molecule has 0 spiro atoms. The highest BCUT2D eigenvalue weighted by Gasteiger charge is 2.12. The number of nitrogens with one attached hydrogen (secondary N) is 1. The van der Waals surface area contributed by atoms with Crippen molar-refractivity contribution in [1.29, 1.82) is 0 Å². The largest absolute Gasteiger partial charge is 0.491 e. The minimum atomic E-state index is -0.570. The lowest BCUT2D eigenvalue weighted by atomic mass is 10.1. The number of aliphatic hydroxyl groups is 1. The maximum atomic E-state index is 10.8. The second kappa shape index (κ2) is 7.26. The molecule has 0 heterocycles. The van der Waals surface area contributed by atoms with E-state index in [1.54, 1.807) is 24.3 Å². The summed E-state index contributed by atoms with van der Waals surface area (Å²) in [7, 11) is 0. The summed E-state index contributed by atoms with van der Waals surface area (Å²) in [6, 6.07) is 7.12. The van der Waals surface area contributed by atoms with E-state index in [1.807, 2.05) is 20.8 Å². The van der Waals surface area contributed by atoms with E-state index in [2.05, 4.69) is 5.32 Å². The summed E-state index contributed by atoms with van der Waals surface area (Å²) in [4.78, 5) is 10.8. The van der Waals surface area contributed by atoms with Gasteiger partial charge < -0.3 is 20.9 Å². The van der Waals surface area contributed by atoms with E-state index < -0.39 is 6.10 Å². The number of hydrogen-bond donors (Lipinski definition) is 3. The van der Waals surface area contributed by atoms with Crippen molar-refractivity contribution in [3.63, 3.8) is 0 Å². The lowest BCUT2D eigenvalue weighted by molar-refractivity contribution is -0.117. The molecule has 4 N–H and O–H groups in total. The Balaban J connectivity index is 2.36. The monoisotopic (exact) mass is 280 g/mol. The molecule has 0 aromatic heterocycles. The highest BCUT2D eigenvalue weighted by molar-refractivity contribution is 5.76. The van der Waals surface area contributed by atoms with Crippen molar-refractivity contribution in [2.24, 2.45) is 5.73 Å². The van der Waals surface area contributed by atoms with Crippen molar-refractivity contribution in [1.82, 2.24) is 5.32 Å². The van der Waals surface area contributed by atoms with Gasteiger partial charge in [0.1, 0.15) is 18.5 Å². The zero-order valence-electron chi connectivity index (χ0n) is 12.3. The number of carbonyl (C=O) groups is 1. The van der Waals surface area contributed by atoms with Gasteiger partial charge in [-0.25, -0.2) is 0 Å². The van der Waals surface area contributed by atoms with Crippen LogP contribution in [0.5, 0.6) is 5.75 Å². The van der Waals surface area contributed by atoms with E-state index in [1.165, 1.54) is 0 Å². The Kier molecular flexibility index (Phi) is 5.98. The Labute approximate surface area is 120 Å². The number of nitrogens with two attached hydrogens (primary N) is 1. The zero-order chi connectivity index (χ0) is 15.2. The molecule has 5 heteroatoms. The normalized spacial score (nSPS) is 13.0. The number of ether oxygens (including phenoxy) is 1. The molecule has 0 radical (unpaired) electrons. The van der Waals surface area contributed by atoms with Crippen LogP contribution in [0.15, 0.2) is 24.3 Å². The van der Waals surface area contributed by atoms with Crippen LogP contribution in [0.2, 0.25) is 0 Å². The summed E-state index contributed by atoms with van der Waals surface area (Å²) in [6.07, 6.45) is -0.349. The van der Waals surface area contributed by atoms with E-state index in [-0.39, 0.29) is 24.5 Å². The minimum Gasteiger partial charge on any atom is -0.491 e. The molecule has 0 saturated carbocycles. The summed E-state index contributed by atoms with van der Waals surface area (Å²) < 4.78 is 5.49. The Morgan fingerprint density at radius 2 is 1.95 bits per heavy atom. The van der Waals surface area contributed by atoms with Crippen LogP contribution in [0.1, 0.15) is 26.3 Å².